The highest BCUT2D eigenvalue weighted by atomic mass is 16.5. The van der Waals surface area contributed by atoms with E-state index in [0.717, 1.165) is 33.5 Å². The lowest BCUT2D eigenvalue weighted by Crippen LogP contribution is -2.52. The Kier molecular flexibility index (Phi) is 4.84. The van der Waals surface area contributed by atoms with Crippen LogP contribution in [0.3, 0.4) is 0 Å². The van der Waals surface area contributed by atoms with Crippen molar-refractivity contribution in [3.8, 4) is 5.75 Å². The first-order valence-electron chi connectivity index (χ1n) is 11.6. The largest absolute Gasteiger partial charge is 0.495 e. The van der Waals surface area contributed by atoms with Crippen LogP contribution in [0.15, 0.2) is 42.7 Å². The Morgan fingerprint density at radius 2 is 2.06 bits per heavy atom. The van der Waals surface area contributed by atoms with Gasteiger partial charge in [-0.1, -0.05) is 39.0 Å². The van der Waals surface area contributed by atoms with Crippen LogP contribution in [0.2, 0.25) is 0 Å². The Morgan fingerprint density at radius 1 is 1.25 bits per heavy atom. The second-order valence-electron chi connectivity index (χ2n) is 10.6. The Labute approximate surface area is 190 Å². The predicted octanol–water partition coefficient (Wildman–Crippen LogP) is 5.35. The van der Waals surface area contributed by atoms with Gasteiger partial charge in [-0.15, -0.1) is 0 Å². The maximum atomic E-state index is 13.8. The van der Waals surface area contributed by atoms with Crippen molar-refractivity contribution >= 4 is 16.8 Å². The molecule has 2 aliphatic rings. The number of nitrogens with zero attached hydrogens (tertiary/aromatic N) is 2. The van der Waals surface area contributed by atoms with E-state index in [9.17, 15) is 4.79 Å². The van der Waals surface area contributed by atoms with E-state index in [4.69, 9.17) is 4.74 Å². The van der Waals surface area contributed by atoms with Gasteiger partial charge in [0.15, 0.2) is 0 Å². The summed E-state index contributed by atoms with van der Waals surface area (Å²) in [7, 11) is 1.68. The molecular weight excluding hydrogens is 398 g/mol. The maximum Gasteiger partial charge on any atom is 0.253 e. The summed E-state index contributed by atoms with van der Waals surface area (Å²) in [6, 6.07) is 10.2. The van der Waals surface area contributed by atoms with E-state index in [1.54, 1.807) is 13.3 Å². The zero-order valence-corrected chi connectivity index (χ0v) is 19.7. The summed E-state index contributed by atoms with van der Waals surface area (Å²) in [4.78, 5) is 18.1. The Balaban J connectivity index is 1.58. The van der Waals surface area contributed by atoms with Crippen LogP contribution >= 0.6 is 0 Å². The fraction of sp³-hybridized carbons (Fsp3) is 0.481. The SMILES string of the molecule is COc1cccc2c(C(=O)NC3C(C)(C)[C@@H]4CC[C@@]3(C)C4)c(C)n(Cc3cccnc3)c12. The highest BCUT2D eigenvalue weighted by Gasteiger charge is 2.59. The molecule has 3 aromatic rings. The minimum absolute atomic E-state index is 0.0255. The van der Waals surface area contributed by atoms with Gasteiger partial charge in [0, 0.05) is 36.1 Å². The lowest BCUT2D eigenvalue weighted by Gasteiger charge is -2.43. The number of pyridine rings is 1. The first-order chi connectivity index (χ1) is 15.3. The number of para-hydroxylation sites is 1. The number of methoxy groups -OCH3 is 1. The number of carbonyl (C=O) groups is 1. The molecule has 0 aliphatic heterocycles. The van der Waals surface area contributed by atoms with E-state index in [1.165, 1.54) is 19.3 Å². The number of ether oxygens (including phenoxy) is 1. The van der Waals surface area contributed by atoms with Crippen LogP contribution in [-0.2, 0) is 6.54 Å². The van der Waals surface area contributed by atoms with Crippen LogP contribution in [0.25, 0.3) is 10.9 Å². The van der Waals surface area contributed by atoms with Crippen molar-refractivity contribution in [3.63, 3.8) is 0 Å². The van der Waals surface area contributed by atoms with E-state index in [-0.39, 0.29) is 22.8 Å². The Bertz CT molecular complexity index is 1180. The van der Waals surface area contributed by atoms with E-state index in [2.05, 4.69) is 41.7 Å². The molecule has 2 fully saturated rings. The molecule has 1 N–H and O–H groups in total. The Morgan fingerprint density at radius 3 is 2.72 bits per heavy atom. The second kappa shape index (κ2) is 7.36. The number of rotatable bonds is 5. The van der Waals surface area contributed by atoms with Gasteiger partial charge in [-0.25, -0.2) is 0 Å². The van der Waals surface area contributed by atoms with Crippen molar-refractivity contribution in [1.29, 1.82) is 0 Å². The third kappa shape index (κ3) is 3.05. The Hall–Kier alpha value is -2.82. The number of benzene rings is 1. The van der Waals surface area contributed by atoms with Crippen molar-refractivity contribution in [1.82, 2.24) is 14.9 Å². The summed E-state index contributed by atoms with van der Waals surface area (Å²) in [5.74, 6) is 1.49. The third-order valence-electron chi connectivity index (χ3n) is 8.36. The highest BCUT2D eigenvalue weighted by molar-refractivity contribution is 6.10. The molecule has 2 aromatic heterocycles. The molecule has 0 saturated heterocycles. The number of carbonyl (C=O) groups excluding carboxylic acids is 1. The van der Waals surface area contributed by atoms with Gasteiger partial charge in [-0.3, -0.25) is 9.78 Å². The number of hydrogen-bond donors (Lipinski definition) is 1. The topological polar surface area (TPSA) is 56.1 Å². The summed E-state index contributed by atoms with van der Waals surface area (Å²) in [5.41, 5.74) is 4.06. The fourth-order valence-electron chi connectivity index (χ4n) is 6.69. The van der Waals surface area contributed by atoms with E-state index >= 15 is 0 Å². The minimum Gasteiger partial charge on any atom is -0.495 e. The summed E-state index contributed by atoms with van der Waals surface area (Å²) in [5, 5.41) is 4.44. The molecule has 0 spiro atoms. The van der Waals surface area contributed by atoms with Crippen LogP contribution in [0.4, 0.5) is 0 Å². The number of amides is 1. The van der Waals surface area contributed by atoms with Gasteiger partial charge in [0.05, 0.1) is 18.2 Å². The molecule has 0 radical (unpaired) electrons. The van der Waals surface area contributed by atoms with Crippen molar-refractivity contribution in [2.75, 3.05) is 7.11 Å². The lowest BCUT2D eigenvalue weighted by atomic mass is 9.68. The molecule has 1 amide bonds. The monoisotopic (exact) mass is 431 g/mol. The minimum atomic E-state index is 0.0255. The molecule has 2 bridgehead atoms. The van der Waals surface area contributed by atoms with E-state index in [0.29, 0.717) is 12.5 Å². The first-order valence-corrected chi connectivity index (χ1v) is 11.6. The van der Waals surface area contributed by atoms with Crippen LogP contribution < -0.4 is 10.1 Å². The van der Waals surface area contributed by atoms with Crippen molar-refractivity contribution < 1.29 is 9.53 Å². The molecule has 2 saturated carbocycles. The summed E-state index contributed by atoms with van der Waals surface area (Å²) >= 11 is 0. The van der Waals surface area contributed by atoms with Crippen molar-refractivity contribution in [2.45, 2.75) is 59.5 Å². The molecular formula is C27H33N3O2. The first kappa shape index (κ1) is 21.0. The lowest BCUT2D eigenvalue weighted by molar-refractivity contribution is 0.0738. The molecule has 5 heteroatoms. The number of nitrogens with one attached hydrogen (secondary N) is 1. The molecule has 1 unspecified atom stereocenters. The molecule has 1 aromatic carbocycles. The van der Waals surface area contributed by atoms with Crippen LogP contribution in [-0.4, -0.2) is 28.6 Å². The molecule has 2 aliphatic carbocycles. The average molecular weight is 432 g/mol. The van der Waals surface area contributed by atoms with E-state index < -0.39 is 0 Å². The average Bonchev–Trinajstić information content (AvgIpc) is 3.36. The molecule has 2 heterocycles. The number of aromatic nitrogens is 2. The van der Waals surface area contributed by atoms with Gasteiger partial charge in [0.1, 0.15) is 5.75 Å². The number of fused-ring (bicyclic) bond motifs is 3. The van der Waals surface area contributed by atoms with Gasteiger partial charge in [0.25, 0.3) is 5.91 Å². The summed E-state index contributed by atoms with van der Waals surface area (Å²) in [6.07, 6.45) is 7.33. The van der Waals surface area contributed by atoms with Gasteiger partial charge in [-0.05, 0) is 60.6 Å². The predicted molar refractivity (Wildman–Crippen MR) is 127 cm³/mol. The van der Waals surface area contributed by atoms with Crippen molar-refractivity contribution in [3.05, 3.63) is 59.5 Å². The molecule has 5 rings (SSSR count). The van der Waals surface area contributed by atoms with Gasteiger partial charge < -0.3 is 14.6 Å². The maximum absolute atomic E-state index is 13.8. The molecule has 32 heavy (non-hydrogen) atoms. The number of hydrogen-bond acceptors (Lipinski definition) is 3. The van der Waals surface area contributed by atoms with Gasteiger partial charge in [-0.2, -0.15) is 0 Å². The van der Waals surface area contributed by atoms with E-state index in [1.807, 2.05) is 37.4 Å². The molecule has 3 atom stereocenters. The van der Waals surface area contributed by atoms with Crippen LogP contribution in [0.5, 0.6) is 5.75 Å². The van der Waals surface area contributed by atoms with Gasteiger partial charge in [0.2, 0.25) is 0 Å². The fourth-order valence-corrected chi connectivity index (χ4v) is 6.69. The van der Waals surface area contributed by atoms with Crippen LogP contribution in [0, 0.1) is 23.7 Å². The van der Waals surface area contributed by atoms with Crippen molar-refractivity contribution in [2.24, 2.45) is 16.7 Å². The third-order valence-corrected chi connectivity index (χ3v) is 8.36. The molecule has 5 nitrogen and oxygen atoms in total. The normalized spacial score (nSPS) is 25.9. The summed E-state index contributed by atoms with van der Waals surface area (Å²) in [6.45, 7) is 9.69. The van der Waals surface area contributed by atoms with Gasteiger partial charge >= 0.3 is 0 Å². The smallest absolute Gasteiger partial charge is 0.253 e. The zero-order valence-electron chi connectivity index (χ0n) is 19.7. The zero-order chi connectivity index (χ0) is 22.7. The highest BCUT2D eigenvalue weighted by Crippen LogP contribution is 2.62. The standard InChI is InChI=1S/C27H33N3O2/c1-17-22(24(31)29-25-26(2,3)19-11-12-27(25,4)14-19)20-9-6-10-21(32-5)23(20)30(17)16-18-8-7-13-28-15-18/h6-10,13,15,19,25H,11-12,14,16H2,1-5H3,(H,29,31)/t19-,25?,27+/m1/s1. The van der Waals surface area contributed by atoms with Crippen LogP contribution in [0.1, 0.15) is 61.6 Å². The quantitative estimate of drug-likeness (QED) is 0.593. The second-order valence-corrected chi connectivity index (χ2v) is 10.6. The molecule has 168 valence electrons. The summed E-state index contributed by atoms with van der Waals surface area (Å²) < 4.78 is 7.90.